The van der Waals surface area contributed by atoms with Crippen molar-refractivity contribution in [2.24, 2.45) is 0 Å². The molecule has 0 aliphatic heterocycles. The van der Waals surface area contributed by atoms with Crippen molar-refractivity contribution in [2.45, 2.75) is 16.3 Å². The molecule has 0 aliphatic carbocycles. The molecule has 3 nitrogen and oxygen atoms in total. The van der Waals surface area contributed by atoms with Crippen molar-refractivity contribution in [3.63, 3.8) is 0 Å². The van der Waals surface area contributed by atoms with Gasteiger partial charge in [-0.25, -0.2) is 8.42 Å². The van der Waals surface area contributed by atoms with Gasteiger partial charge in [0, 0.05) is 6.54 Å². The Labute approximate surface area is 130 Å². The summed E-state index contributed by atoms with van der Waals surface area (Å²) in [6, 6.07) is 20.0. The van der Waals surface area contributed by atoms with E-state index < -0.39 is 9.84 Å². The number of hydrogen-bond donors (Lipinski definition) is 1. The molecule has 112 valence electrons. The van der Waals surface area contributed by atoms with Crippen LogP contribution in [0.5, 0.6) is 0 Å². The van der Waals surface area contributed by atoms with Gasteiger partial charge in [-0.05, 0) is 47.6 Å². The maximum Gasteiger partial charge on any atom is 0.206 e. The zero-order valence-corrected chi connectivity index (χ0v) is 13.1. The third-order valence-electron chi connectivity index (χ3n) is 3.65. The van der Waals surface area contributed by atoms with E-state index in [4.69, 9.17) is 0 Å². The quantitative estimate of drug-likeness (QED) is 0.803. The molecule has 0 saturated carbocycles. The van der Waals surface area contributed by atoms with Crippen LogP contribution in [0.1, 0.15) is 5.56 Å². The molecule has 3 aromatic rings. The Morgan fingerprint density at radius 2 is 1.45 bits per heavy atom. The summed E-state index contributed by atoms with van der Waals surface area (Å²) in [6.45, 7) is 0.719. The monoisotopic (exact) mass is 311 g/mol. The molecule has 0 aromatic heterocycles. The van der Waals surface area contributed by atoms with Crippen LogP contribution in [0.25, 0.3) is 10.8 Å². The molecule has 4 heteroatoms. The van der Waals surface area contributed by atoms with Gasteiger partial charge >= 0.3 is 0 Å². The number of fused-ring (bicyclic) bond motifs is 1. The summed E-state index contributed by atoms with van der Waals surface area (Å²) in [7, 11) is -1.62. The molecule has 22 heavy (non-hydrogen) atoms. The zero-order valence-electron chi connectivity index (χ0n) is 12.3. The van der Waals surface area contributed by atoms with E-state index >= 15 is 0 Å². The molecule has 1 N–H and O–H groups in total. The second-order valence-corrected chi connectivity index (χ2v) is 7.14. The second-order valence-electron chi connectivity index (χ2n) is 5.19. The van der Waals surface area contributed by atoms with Crippen LogP contribution in [0.2, 0.25) is 0 Å². The smallest absolute Gasteiger partial charge is 0.206 e. The average Bonchev–Trinajstić information content (AvgIpc) is 2.55. The molecule has 0 heterocycles. The molecule has 3 aromatic carbocycles. The van der Waals surface area contributed by atoms with E-state index in [0.717, 1.165) is 22.9 Å². The molecule has 0 spiro atoms. The first-order chi connectivity index (χ1) is 10.6. The Morgan fingerprint density at radius 3 is 2.14 bits per heavy atom. The third-order valence-corrected chi connectivity index (χ3v) is 5.41. The van der Waals surface area contributed by atoms with Crippen LogP contribution in [0.15, 0.2) is 76.5 Å². The van der Waals surface area contributed by atoms with Crippen molar-refractivity contribution in [1.29, 1.82) is 0 Å². The molecule has 0 unspecified atom stereocenters. The molecule has 0 atom stereocenters. The topological polar surface area (TPSA) is 46.2 Å². The minimum atomic E-state index is -3.48. The summed E-state index contributed by atoms with van der Waals surface area (Å²) in [4.78, 5) is 0.648. The maximum atomic E-state index is 12.7. The highest BCUT2D eigenvalue weighted by Crippen LogP contribution is 2.25. The average molecular weight is 311 g/mol. The predicted octanol–water partition coefficient (Wildman–Crippen LogP) is 3.39. The van der Waals surface area contributed by atoms with Crippen LogP contribution < -0.4 is 5.32 Å². The van der Waals surface area contributed by atoms with E-state index in [0.29, 0.717) is 9.79 Å². The molecular weight excluding hydrogens is 294 g/mol. The first-order valence-corrected chi connectivity index (χ1v) is 8.57. The summed E-state index contributed by atoms with van der Waals surface area (Å²) in [5.41, 5.74) is 1.06. The van der Waals surface area contributed by atoms with Gasteiger partial charge in [-0.15, -0.1) is 0 Å². The van der Waals surface area contributed by atoms with Crippen molar-refractivity contribution in [3.8, 4) is 0 Å². The van der Waals surface area contributed by atoms with E-state index in [1.165, 1.54) is 0 Å². The van der Waals surface area contributed by atoms with Gasteiger partial charge in [0.2, 0.25) is 9.84 Å². The Kier molecular flexibility index (Phi) is 3.96. The van der Waals surface area contributed by atoms with E-state index in [9.17, 15) is 8.42 Å². The molecule has 0 radical (unpaired) electrons. The van der Waals surface area contributed by atoms with Crippen LogP contribution in [0, 0.1) is 0 Å². The van der Waals surface area contributed by atoms with Gasteiger partial charge in [-0.3, -0.25) is 0 Å². The lowest BCUT2D eigenvalue weighted by molar-refractivity contribution is 0.596. The number of nitrogens with one attached hydrogen (secondary N) is 1. The van der Waals surface area contributed by atoms with Crippen molar-refractivity contribution in [1.82, 2.24) is 5.32 Å². The highest BCUT2D eigenvalue weighted by atomic mass is 32.2. The molecule has 0 amide bonds. The fourth-order valence-corrected chi connectivity index (χ4v) is 3.76. The number of sulfone groups is 1. The van der Waals surface area contributed by atoms with Crippen LogP contribution in [0.4, 0.5) is 0 Å². The third kappa shape index (κ3) is 2.75. The van der Waals surface area contributed by atoms with Crippen LogP contribution in [-0.4, -0.2) is 15.5 Å². The molecule has 3 rings (SSSR count). The lowest BCUT2D eigenvalue weighted by atomic mass is 10.1. The van der Waals surface area contributed by atoms with Crippen LogP contribution in [0.3, 0.4) is 0 Å². The molecule has 0 fully saturated rings. The molecular formula is C18H17NO2S. The van der Waals surface area contributed by atoms with Crippen molar-refractivity contribution in [2.75, 3.05) is 7.05 Å². The van der Waals surface area contributed by atoms with Gasteiger partial charge in [0.25, 0.3) is 0 Å². The standard InChI is InChI=1S/C18H17NO2S/c1-19-13-14-6-9-17(10-7-14)22(20,21)18-11-8-15-4-2-3-5-16(15)12-18/h2-12,19H,13H2,1H3. The van der Waals surface area contributed by atoms with Crippen LogP contribution in [-0.2, 0) is 16.4 Å². The summed E-state index contributed by atoms with van der Waals surface area (Å²) in [5.74, 6) is 0. The number of benzene rings is 3. The maximum absolute atomic E-state index is 12.7. The van der Waals surface area contributed by atoms with Gasteiger partial charge in [0.1, 0.15) is 0 Å². The number of rotatable bonds is 4. The van der Waals surface area contributed by atoms with Gasteiger partial charge in [0.05, 0.1) is 9.79 Å². The van der Waals surface area contributed by atoms with Crippen molar-refractivity contribution >= 4 is 20.6 Å². The molecule has 0 saturated heterocycles. The Morgan fingerprint density at radius 1 is 0.818 bits per heavy atom. The predicted molar refractivity (Wildman–Crippen MR) is 88.6 cm³/mol. The summed E-state index contributed by atoms with van der Waals surface area (Å²) < 4.78 is 25.5. The van der Waals surface area contributed by atoms with E-state index in [1.54, 1.807) is 24.3 Å². The highest BCUT2D eigenvalue weighted by Gasteiger charge is 2.17. The summed E-state index contributed by atoms with van der Waals surface area (Å²) >= 11 is 0. The molecule has 0 aliphatic rings. The zero-order chi connectivity index (χ0) is 15.6. The molecule has 0 bridgehead atoms. The fraction of sp³-hybridized carbons (Fsp3) is 0.111. The fourth-order valence-electron chi connectivity index (χ4n) is 2.46. The van der Waals surface area contributed by atoms with Crippen LogP contribution >= 0.6 is 0 Å². The van der Waals surface area contributed by atoms with Crippen molar-refractivity contribution in [3.05, 3.63) is 72.3 Å². The lowest BCUT2D eigenvalue weighted by Crippen LogP contribution is -2.06. The van der Waals surface area contributed by atoms with Crippen molar-refractivity contribution < 1.29 is 8.42 Å². The largest absolute Gasteiger partial charge is 0.316 e. The Balaban J connectivity index is 2.03. The SMILES string of the molecule is CNCc1ccc(S(=O)(=O)c2ccc3ccccc3c2)cc1. The normalized spacial score (nSPS) is 11.7. The van der Waals surface area contributed by atoms with E-state index in [-0.39, 0.29) is 0 Å². The van der Waals surface area contributed by atoms with Gasteiger partial charge in [-0.1, -0.05) is 42.5 Å². The second kappa shape index (κ2) is 5.91. The first kappa shape index (κ1) is 14.8. The van der Waals surface area contributed by atoms with E-state index in [1.807, 2.05) is 49.5 Å². The van der Waals surface area contributed by atoms with Gasteiger partial charge in [0.15, 0.2) is 0 Å². The summed E-state index contributed by atoms with van der Waals surface area (Å²) in [5, 5.41) is 5.00. The number of hydrogen-bond acceptors (Lipinski definition) is 3. The minimum absolute atomic E-state index is 0.322. The minimum Gasteiger partial charge on any atom is -0.316 e. The van der Waals surface area contributed by atoms with E-state index in [2.05, 4.69) is 5.32 Å². The Bertz CT molecular complexity index is 900. The first-order valence-electron chi connectivity index (χ1n) is 7.09. The van der Waals surface area contributed by atoms with Gasteiger partial charge in [-0.2, -0.15) is 0 Å². The Hall–Kier alpha value is -2.17. The highest BCUT2D eigenvalue weighted by molar-refractivity contribution is 7.91. The lowest BCUT2D eigenvalue weighted by Gasteiger charge is -2.07. The van der Waals surface area contributed by atoms with Gasteiger partial charge < -0.3 is 5.32 Å². The summed E-state index contributed by atoms with van der Waals surface area (Å²) in [6.07, 6.45) is 0.